The number of nitrogens with zero attached hydrogens (tertiary/aromatic N) is 2. The summed E-state index contributed by atoms with van der Waals surface area (Å²) in [6.45, 7) is 4.96. The molecule has 2 aromatic rings. The second kappa shape index (κ2) is 8.67. The van der Waals surface area contributed by atoms with Crippen molar-refractivity contribution in [3.8, 4) is 17.0 Å². The van der Waals surface area contributed by atoms with Crippen molar-refractivity contribution in [2.45, 2.75) is 20.4 Å². The summed E-state index contributed by atoms with van der Waals surface area (Å²) in [5.74, 6) is 0.606. The third-order valence-corrected chi connectivity index (χ3v) is 3.27. The Labute approximate surface area is 140 Å². The number of allylic oxidation sites excluding steroid dienone is 1. The molecule has 1 N–H and O–H groups in total. The molecule has 2 rings (SSSR count). The molecule has 0 unspecified atom stereocenters. The monoisotopic (exact) mass is 327 g/mol. The Morgan fingerprint density at radius 3 is 2.67 bits per heavy atom. The zero-order chi connectivity index (χ0) is 17.4. The number of benzene rings is 1. The van der Waals surface area contributed by atoms with Crippen molar-refractivity contribution in [1.82, 2.24) is 15.1 Å². The fourth-order valence-electron chi connectivity index (χ4n) is 2.15. The van der Waals surface area contributed by atoms with Gasteiger partial charge in [-0.05, 0) is 50.3 Å². The van der Waals surface area contributed by atoms with Gasteiger partial charge in [-0.25, -0.2) is 4.68 Å². The van der Waals surface area contributed by atoms with Crippen molar-refractivity contribution in [2.75, 3.05) is 13.2 Å². The number of hydrogen-bond donors (Lipinski definition) is 1. The van der Waals surface area contributed by atoms with Crippen LogP contribution in [0.15, 0.2) is 53.3 Å². The van der Waals surface area contributed by atoms with Crippen LogP contribution in [0, 0.1) is 0 Å². The molecule has 0 fully saturated rings. The number of hydrogen-bond acceptors (Lipinski definition) is 4. The molecule has 24 heavy (non-hydrogen) atoms. The molecule has 6 nitrogen and oxygen atoms in total. The molecule has 0 spiro atoms. The third-order valence-electron chi connectivity index (χ3n) is 3.27. The number of ether oxygens (including phenoxy) is 1. The molecular formula is C18H21N3O3. The van der Waals surface area contributed by atoms with Crippen molar-refractivity contribution in [3.63, 3.8) is 0 Å². The van der Waals surface area contributed by atoms with Crippen LogP contribution >= 0.6 is 0 Å². The van der Waals surface area contributed by atoms with E-state index < -0.39 is 0 Å². The molecule has 0 atom stereocenters. The Kier molecular flexibility index (Phi) is 6.31. The molecule has 0 bridgehead atoms. The maximum atomic E-state index is 11.9. The molecule has 1 heterocycles. The van der Waals surface area contributed by atoms with Gasteiger partial charge < -0.3 is 10.1 Å². The van der Waals surface area contributed by atoms with Crippen molar-refractivity contribution in [3.05, 3.63) is 58.9 Å². The molecule has 0 aliphatic heterocycles. The number of carbonyl (C=O) groups excluding carboxylic acids is 1. The van der Waals surface area contributed by atoms with Gasteiger partial charge in [-0.2, -0.15) is 5.10 Å². The number of nitrogens with one attached hydrogen (secondary N) is 1. The standard InChI is InChI=1S/C18H21N3O3/c1-3-5-17(22)19-12-13-21-18(23)11-10-16(20-21)14-6-8-15(9-7-14)24-4-2/h3,5-11H,4,12-13H2,1-2H3,(H,19,22)/b5-3+. The first-order chi connectivity index (χ1) is 11.6. The zero-order valence-corrected chi connectivity index (χ0v) is 13.9. The van der Waals surface area contributed by atoms with E-state index in [1.165, 1.54) is 16.8 Å². The molecular weight excluding hydrogens is 306 g/mol. The van der Waals surface area contributed by atoms with E-state index in [2.05, 4.69) is 10.4 Å². The lowest BCUT2D eigenvalue weighted by Gasteiger charge is -2.08. The summed E-state index contributed by atoms with van der Waals surface area (Å²) in [6, 6.07) is 10.7. The highest BCUT2D eigenvalue weighted by Gasteiger charge is 2.04. The van der Waals surface area contributed by atoms with Gasteiger partial charge >= 0.3 is 0 Å². The SMILES string of the molecule is C/C=C/C(=O)NCCn1nc(-c2ccc(OCC)cc2)ccc1=O. The van der Waals surface area contributed by atoms with E-state index in [1.54, 1.807) is 19.1 Å². The number of aromatic nitrogens is 2. The average Bonchev–Trinajstić information content (AvgIpc) is 2.58. The lowest BCUT2D eigenvalue weighted by atomic mass is 10.1. The van der Waals surface area contributed by atoms with E-state index in [0.717, 1.165) is 11.3 Å². The van der Waals surface area contributed by atoms with Gasteiger partial charge in [-0.3, -0.25) is 9.59 Å². The second-order valence-corrected chi connectivity index (χ2v) is 5.03. The minimum atomic E-state index is -0.204. The lowest BCUT2D eigenvalue weighted by Crippen LogP contribution is -2.31. The summed E-state index contributed by atoms with van der Waals surface area (Å²) in [4.78, 5) is 23.3. The fraction of sp³-hybridized carbons (Fsp3) is 0.278. The molecule has 0 saturated heterocycles. The van der Waals surface area contributed by atoms with E-state index in [9.17, 15) is 9.59 Å². The molecule has 0 aliphatic carbocycles. The van der Waals surface area contributed by atoms with Gasteiger partial charge in [-0.1, -0.05) is 6.08 Å². The van der Waals surface area contributed by atoms with Crippen molar-refractivity contribution < 1.29 is 9.53 Å². The zero-order valence-electron chi connectivity index (χ0n) is 13.9. The van der Waals surface area contributed by atoms with E-state index in [-0.39, 0.29) is 11.5 Å². The summed E-state index contributed by atoms with van der Waals surface area (Å²) in [5.41, 5.74) is 1.38. The summed E-state index contributed by atoms with van der Waals surface area (Å²) in [6.07, 6.45) is 3.10. The summed E-state index contributed by atoms with van der Waals surface area (Å²) in [7, 11) is 0. The maximum Gasteiger partial charge on any atom is 0.266 e. The van der Waals surface area contributed by atoms with Crippen molar-refractivity contribution in [1.29, 1.82) is 0 Å². The van der Waals surface area contributed by atoms with Crippen LogP contribution in [0.3, 0.4) is 0 Å². The first-order valence-electron chi connectivity index (χ1n) is 7.86. The maximum absolute atomic E-state index is 11.9. The Hall–Kier alpha value is -2.89. The van der Waals surface area contributed by atoms with Gasteiger partial charge in [0.25, 0.3) is 5.56 Å². The van der Waals surface area contributed by atoms with Gasteiger partial charge in [0.05, 0.1) is 18.8 Å². The Bertz CT molecular complexity index is 764. The van der Waals surface area contributed by atoms with Gasteiger partial charge in [0.15, 0.2) is 0 Å². The van der Waals surface area contributed by atoms with Crippen LogP contribution in [0.5, 0.6) is 5.75 Å². The Morgan fingerprint density at radius 2 is 2.00 bits per heavy atom. The molecule has 1 aromatic carbocycles. The van der Waals surface area contributed by atoms with E-state index in [0.29, 0.717) is 25.4 Å². The van der Waals surface area contributed by atoms with Gasteiger partial charge in [0.2, 0.25) is 5.91 Å². The van der Waals surface area contributed by atoms with E-state index in [1.807, 2.05) is 31.2 Å². The van der Waals surface area contributed by atoms with Crippen LogP contribution in [0.4, 0.5) is 0 Å². The predicted octanol–water partition coefficient (Wildman–Crippen LogP) is 2.00. The number of amides is 1. The normalized spacial score (nSPS) is 10.8. The molecule has 0 aliphatic rings. The van der Waals surface area contributed by atoms with Crippen LogP contribution < -0.4 is 15.6 Å². The lowest BCUT2D eigenvalue weighted by molar-refractivity contribution is -0.116. The highest BCUT2D eigenvalue weighted by molar-refractivity contribution is 5.87. The molecule has 1 amide bonds. The smallest absolute Gasteiger partial charge is 0.266 e. The average molecular weight is 327 g/mol. The van der Waals surface area contributed by atoms with Gasteiger partial charge in [-0.15, -0.1) is 0 Å². The van der Waals surface area contributed by atoms with E-state index in [4.69, 9.17) is 4.74 Å². The second-order valence-electron chi connectivity index (χ2n) is 5.03. The fourth-order valence-corrected chi connectivity index (χ4v) is 2.15. The first-order valence-corrected chi connectivity index (χ1v) is 7.86. The predicted molar refractivity (Wildman–Crippen MR) is 92.9 cm³/mol. The molecule has 126 valence electrons. The summed E-state index contributed by atoms with van der Waals surface area (Å²) >= 11 is 0. The number of carbonyl (C=O) groups is 1. The molecule has 1 aromatic heterocycles. The Balaban J connectivity index is 2.10. The highest BCUT2D eigenvalue weighted by Crippen LogP contribution is 2.19. The van der Waals surface area contributed by atoms with Crippen LogP contribution in [-0.2, 0) is 11.3 Å². The van der Waals surface area contributed by atoms with Gasteiger partial charge in [0.1, 0.15) is 5.75 Å². The van der Waals surface area contributed by atoms with Crippen LogP contribution in [-0.4, -0.2) is 28.8 Å². The third kappa shape index (κ3) is 4.81. The van der Waals surface area contributed by atoms with E-state index >= 15 is 0 Å². The van der Waals surface area contributed by atoms with Gasteiger partial charge in [0, 0.05) is 18.2 Å². The molecule has 0 saturated carbocycles. The topological polar surface area (TPSA) is 73.2 Å². The van der Waals surface area contributed by atoms with Crippen LogP contribution in [0.25, 0.3) is 11.3 Å². The quantitative estimate of drug-likeness (QED) is 0.790. The minimum absolute atomic E-state index is 0.187. The largest absolute Gasteiger partial charge is 0.494 e. The summed E-state index contributed by atoms with van der Waals surface area (Å²) in [5, 5.41) is 7.05. The minimum Gasteiger partial charge on any atom is -0.494 e. The molecule has 6 heteroatoms. The van der Waals surface area contributed by atoms with Crippen molar-refractivity contribution in [2.24, 2.45) is 0 Å². The van der Waals surface area contributed by atoms with Crippen molar-refractivity contribution >= 4 is 5.91 Å². The number of rotatable bonds is 7. The first kappa shape index (κ1) is 17.5. The summed E-state index contributed by atoms with van der Waals surface area (Å²) < 4.78 is 6.76. The Morgan fingerprint density at radius 1 is 1.25 bits per heavy atom. The van der Waals surface area contributed by atoms with Crippen LogP contribution in [0.1, 0.15) is 13.8 Å². The molecule has 0 radical (unpaired) electrons. The highest BCUT2D eigenvalue weighted by atomic mass is 16.5. The van der Waals surface area contributed by atoms with Crippen LogP contribution in [0.2, 0.25) is 0 Å².